The average molecular weight is 400 g/mol. The Labute approximate surface area is 168 Å². The molecule has 0 bridgehead atoms. The highest BCUT2D eigenvalue weighted by Gasteiger charge is 2.24. The predicted octanol–water partition coefficient (Wildman–Crippen LogP) is 4.86. The normalized spacial score (nSPS) is 11.0. The highest BCUT2D eigenvalue weighted by atomic mass is 16.6. The summed E-state index contributed by atoms with van der Waals surface area (Å²) < 4.78 is 1.42. The second-order valence-electron chi connectivity index (χ2n) is 7.19. The summed E-state index contributed by atoms with van der Waals surface area (Å²) in [4.78, 5) is 24.2. The van der Waals surface area contributed by atoms with Gasteiger partial charge in [-0.05, 0) is 30.6 Å². The van der Waals surface area contributed by atoms with Gasteiger partial charge in [0.1, 0.15) is 6.33 Å². The first kappa shape index (κ1) is 26.0. The number of hydrogen-bond donors (Lipinski definition) is 0. The SMILES string of the molecule is CCCC[N+](CCCC)(CCCC)CCCC.O=[N+]([O-])c1nc[n-]c1[N+](=O)[O-]. The van der Waals surface area contributed by atoms with Crippen LogP contribution in [-0.2, 0) is 0 Å². The van der Waals surface area contributed by atoms with Crippen LogP contribution in [0.1, 0.15) is 79.1 Å². The molecule has 0 aromatic carbocycles. The van der Waals surface area contributed by atoms with Crippen molar-refractivity contribution >= 4 is 11.6 Å². The van der Waals surface area contributed by atoms with Crippen LogP contribution in [0.3, 0.4) is 0 Å². The van der Waals surface area contributed by atoms with E-state index in [1.54, 1.807) is 0 Å². The van der Waals surface area contributed by atoms with E-state index in [0.717, 1.165) is 6.33 Å². The largest absolute Gasteiger partial charge is 0.459 e. The zero-order valence-electron chi connectivity index (χ0n) is 17.9. The number of unbranched alkanes of at least 4 members (excludes halogenated alkanes) is 4. The highest BCUT2D eigenvalue weighted by Crippen LogP contribution is 2.19. The van der Waals surface area contributed by atoms with E-state index in [9.17, 15) is 20.2 Å². The summed E-state index contributed by atoms with van der Waals surface area (Å²) in [6, 6.07) is 0. The molecule has 1 aromatic rings. The van der Waals surface area contributed by atoms with Gasteiger partial charge in [-0.3, -0.25) is 0 Å². The van der Waals surface area contributed by atoms with Crippen molar-refractivity contribution in [2.45, 2.75) is 79.1 Å². The third-order valence-electron chi connectivity index (χ3n) is 4.85. The van der Waals surface area contributed by atoms with Crippen LogP contribution in [0.15, 0.2) is 6.33 Å². The molecule has 0 aliphatic heterocycles. The van der Waals surface area contributed by atoms with Gasteiger partial charge in [0.15, 0.2) is 0 Å². The van der Waals surface area contributed by atoms with Crippen molar-refractivity contribution < 1.29 is 14.3 Å². The molecular weight excluding hydrogens is 362 g/mol. The third-order valence-corrected chi connectivity index (χ3v) is 4.85. The summed E-state index contributed by atoms with van der Waals surface area (Å²) in [5.74, 6) is -1.65. The second-order valence-corrected chi connectivity index (χ2v) is 7.19. The van der Waals surface area contributed by atoms with Crippen LogP contribution < -0.4 is 4.98 Å². The van der Waals surface area contributed by atoms with Gasteiger partial charge >= 0.3 is 5.82 Å². The summed E-state index contributed by atoms with van der Waals surface area (Å²) in [5, 5.41) is 20.0. The molecule has 0 saturated carbocycles. The number of imidazole rings is 1. The summed E-state index contributed by atoms with van der Waals surface area (Å²) in [6.07, 6.45) is 11.8. The van der Waals surface area contributed by atoms with Crippen molar-refractivity contribution in [3.63, 3.8) is 0 Å². The van der Waals surface area contributed by atoms with Gasteiger partial charge in [0.05, 0.1) is 26.2 Å². The van der Waals surface area contributed by atoms with Crippen molar-refractivity contribution in [2.24, 2.45) is 0 Å². The lowest BCUT2D eigenvalue weighted by atomic mass is 10.1. The van der Waals surface area contributed by atoms with Gasteiger partial charge < -0.3 is 24.7 Å². The first-order chi connectivity index (χ1) is 13.4. The van der Waals surface area contributed by atoms with Crippen LogP contribution in [0, 0.1) is 20.2 Å². The van der Waals surface area contributed by atoms with Crippen molar-refractivity contribution in [3.05, 3.63) is 26.6 Å². The zero-order valence-corrected chi connectivity index (χ0v) is 17.9. The molecule has 28 heavy (non-hydrogen) atoms. The highest BCUT2D eigenvalue weighted by molar-refractivity contribution is 5.38. The lowest BCUT2D eigenvalue weighted by Gasteiger charge is -2.39. The molecule has 0 N–H and O–H groups in total. The number of hydrogen-bond acceptors (Lipinski definition) is 5. The molecule has 0 radical (unpaired) electrons. The molecule has 1 aromatic heterocycles. The van der Waals surface area contributed by atoms with Gasteiger partial charge in [0, 0.05) is 0 Å². The topological polar surface area (TPSA) is 113 Å². The maximum atomic E-state index is 9.99. The minimum atomic E-state index is -0.953. The van der Waals surface area contributed by atoms with E-state index in [0.29, 0.717) is 0 Å². The molecule has 0 fully saturated rings. The third kappa shape index (κ3) is 9.77. The Morgan fingerprint density at radius 2 is 1.21 bits per heavy atom. The zero-order chi connectivity index (χ0) is 21.4. The Bertz CT molecular complexity index is 496. The van der Waals surface area contributed by atoms with Crippen LogP contribution in [0.25, 0.3) is 0 Å². The Morgan fingerprint density at radius 3 is 1.46 bits per heavy atom. The summed E-state index contributed by atoms with van der Waals surface area (Å²) in [6.45, 7) is 15.0. The van der Waals surface area contributed by atoms with Gasteiger partial charge in [-0.25, -0.2) is 4.98 Å². The maximum absolute atomic E-state index is 9.99. The number of aromatic nitrogens is 2. The molecular formula is C19H37N5O4. The Hall–Kier alpha value is -2.03. The molecule has 0 aliphatic rings. The lowest BCUT2D eigenvalue weighted by Crippen LogP contribution is -2.50. The van der Waals surface area contributed by atoms with Crippen molar-refractivity contribution in [1.29, 1.82) is 0 Å². The van der Waals surface area contributed by atoms with E-state index in [1.807, 2.05) is 0 Å². The fraction of sp³-hybridized carbons (Fsp3) is 0.842. The van der Waals surface area contributed by atoms with Gasteiger partial charge in [-0.2, -0.15) is 9.91 Å². The molecule has 1 rings (SSSR count). The lowest BCUT2D eigenvalue weighted by molar-refractivity contribution is -0.929. The number of quaternary nitrogens is 1. The molecule has 0 aliphatic carbocycles. The average Bonchev–Trinajstić information content (AvgIpc) is 3.18. The summed E-state index contributed by atoms with van der Waals surface area (Å²) >= 11 is 0. The van der Waals surface area contributed by atoms with Crippen LogP contribution in [0.5, 0.6) is 0 Å². The fourth-order valence-electron chi connectivity index (χ4n) is 3.16. The summed E-state index contributed by atoms with van der Waals surface area (Å²) in [5.41, 5.74) is 0. The monoisotopic (exact) mass is 399 g/mol. The molecule has 0 spiro atoms. The predicted molar refractivity (Wildman–Crippen MR) is 110 cm³/mol. The smallest absolute Gasteiger partial charge is 0.308 e. The van der Waals surface area contributed by atoms with E-state index in [4.69, 9.17) is 0 Å². The molecule has 9 heteroatoms. The van der Waals surface area contributed by atoms with Crippen LogP contribution >= 0.6 is 0 Å². The number of rotatable bonds is 14. The van der Waals surface area contributed by atoms with Crippen molar-refractivity contribution in [2.75, 3.05) is 26.2 Å². The molecule has 162 valence electrons. The van der Waals surface area contributed by atoms with Crippen LogP contribution in [0.2, 0.25) is 0 Å². The van der Waals surface area contributed by atoms with Gasteiger partial charge in [0.2, 0.25) is 5.82 Å². The molecule has 9 nitrogen and oxygen atoms in total. The first-order valence-corrected chi connectivity index (χ1v) is 10.5. The Balaban J connectivity index is 0.000000567. The molecule has 0 saturated heterocycles. The van der Waals surface area contributed by atoms with E-state index in [-0.39, 0.29) is 0 Å². The molecule has 0 atom stereocenters. The van der Waals surface area contributed by atoms with Crippen molar-refractivity contribution in [1.82, 2.24) is 9.97 Å². The second kappa shape index (κ2) is 15.0. The maximum Gasteiger partial charge on any atom is 0.308 e. The van der Waals surface area contributed by atoms with Gasteiger partial charge in [-0.15, -0.1) is 0 Å². The van der Waals surface area contributed by atoms with Crippen molar-refractivity contribution in [3.8, 4) is 0 Å². The molecule has 1 heterocycles. The summed E-state index contributed by atoms with van der Waals surface area (Å²) in [7, 11) is 0. The van der Waals surface area contributed by atoms with E-state index < -0.39 is 21.5 Å². The minimum Gasteiger partial charge on any atom is -0.459 e. The Morgan fingerprint density at radius 1 is 0.821 bits per heavy atom. The molecule has 0 amide bonds. The standard InChI is InChI=1S/C16H36N.C3HN4O4/c1-5-9-13-17(14-10-6-2,15-11-7-3)16-12-8-4;8-6(9)2-3(7(10)11)5-1-4-2/h5-16H2,1-4H3;1H/q+1;-1. The van der Waals surface area contributed by atoms with Gasteiger partial charge in [-0.1, -0.05) is 53.4 Å². The quantitative estimate of drug-likeness (QED) is 0.251. The van der Waals surface area contributed by atoms with E-state index in [1.165, 1.54) is 82.0 Å². The number of nitro groups is 2. The number of nitrogens with zero attached hydrogens (tertiary/aromatic N) is 5. The van der Waals surface area contributed by atoms with Crippen LogP contribution in [0.4, 0.5) is 11.6 Å². The van der Waals surface area contributed by atoms with E-state index >= 15 is 0 Å². The van der Waals surface area contributed by atoms with Gasteiger partial charge in [0.25, 0.3) is 0 Å². The van der Waals surface area contributed by atoms with Crippen LogP contribution in [-0.4, -0.2) is 45.5 Å². The molecule has 0 unspecified atom stereocenters. The van der Waals surface area contributed by atoms with E-state index in [2.05, 4.69) is 37.7 Å². The first-order valence-electron chi connectivity index (χ1n) is 10.5. The fourth-order valence-corrected chi connectivity index (χ4v) is 3.16. The Kier molecular flexibility index (Phi) is 13.9. The minimum absolute atomic E-state index is 0.774.